The largest absolute Gasteiger partial charge is 0.466 e. The Morgan fingerprint density at radius 1 is 1.09 bits per heavy atom. The second kappa shape index (κ2) is 6.52. The molecule has 0 bridgehead atoms. The van der Waals surface area contributed by atoms with Gasteiger partial charge < -0.3 is 9.72 Å². The molecule has 0 aliphatic heterocycles. The Morgan fingerprint density at radius 3 is 2.52 bits per heavy atom. The average molecular weight is 310 g/mol. The standard InChI is InChI=1S/C18H18N2O3/c1-2-23-17(21)11-13-7-9-14(10-8-13)12-20-16-6-4-3-5-15(16)19-18(20)22/h3-10H,2,11-12H2,1H3,(H,19,22). The lowest BCUT2D eigenvalue weighted by atomic mass is 10.1. The molecule has 0 fully saturated rings. The van der Waals surface area contributed by atoms with Gasteiger partial charge in [-0.3, -0.25) is 9.36 Å². The number of esters is 1. The van der Waals surface area contributed by atoms with Crippen LogP contribution in [0, 0.1) is 0 Å². The van der Waals surface area contributed by atoms with Gasteiger partial charge in [-0.25, -0.2) is 4.79 Å². The van der Waals surface area contributed by atoms with E-state index < -0.39 is 0 Å². The SMILES string of the molecule is CCOC(=O)Cc1ccc(Cn2c(=O)[nH]c3ccccc32)cc1. The molecule has 2 aromatic carbocycles. The lowest BCUT2D eigenvalue weighted by Gasteiger charge is -2.06. The molecule has 0 amide bonds. The van der Waals surface area contributed by atoms with Gasteiger partial charge >= 0.3 is 11.7 Å². The van der Waals surface area contributed by atoms with E-state index in [1.54, 1.807) is 11.5 Å². The zero-order chi connectivity index (χ0) is 16.2. The number of imidazole rings is 1. The predicted octanol–water partition coefficient (Wildman–Crippen LogP) is 2.48. The number of aromatic nitrogens is 2. The molecule has 5 heteroatoms. The van der Waals surface area contributed by atoms with E-state index in [4.69, 9.17) is 4.74 Å². The number of carbonyl (C=O) groups is 1. The number of para-hydroxylation sites is 2. The molecule has 0 unspecified atom stereocenters. The van der Waals surface area contributed by atoms with Gasteiger partial charge in [-0.2, -0.15) is 0 Å². The maximum absolute atomic E-state index is 12.1. The highest BCUT2D eigenvalue weighted by Crippen LogP contribution is 2.12. The van der Waals surface area contributed by atoms with Crippen LogP contribution in [0.2, 0.25) is 0 Å². The normalized spacial score (nSPS) is 10.8. The molecule has 0 aliphatic rings. The van der Waals surface area contributed by atoms with E-state index in [2.05, 4.69) is 4.98 Å². The minimum atomic E-state index is -0.229. The van der Waals surface area contributed by atoms with Crippen molar-refractivity contribution in [1.29, 1.82) is 0 Å². The molecule has 1 aromatic heterocycles. The van der Waals surface area contributed by atoms with Crippen molar-refractivity contribution in [2.24, 2.45) is 0 Å². The number of aromatic amines is 1. The van der Waals surface area contributed by atoms with Crippen LogP contribution in [0.5, 0.6) is 0 Å². The zero-order valence-corrected chi connectivity index (χ0v) is 12.9. The molecule has 3 aromatic rings. The Hall–Kier alpha value is -2.82. The molecular formula is C18H18N2O3. The van der Waals surface area contributed by atoms with Crippen LogP contribution in [0.25, 0.3) is 11.0 Å². The van der Waals surface area contributed by atoms with Gasteiger partial charge in [-0.15, -0.1) is 0 Å². The Labute approximate surface area is 133 Å². The Bertz CT molecular complexity index is 875. The fourth-order valence-electron chi connectivity index (χ4n) is 2.59. The average Bonchev–Trinajstić information content (AvgIpc) is 2.85. The first-order chi connectivity index (χ1) is 11.2. The van der Waals surface area contributed by atoms with Crippen LogP contribution in [0.1, 0.15) is 18.1 Å². The first-order valence-corrected chi connectivity index (χ1v) is 7.58. The summed E-state index contributed by atoms with van der Waals surface area (Å²) in [5.41, 5.74) is 3.49. The Morgan fingerprint density at radius 2 is 1.78 bits per heavy atom. The highest BCUT2D eigenvalue weighted by Gasteiger charge is 2.07. The van der Waals surface area contributed by atoms with Gasteiger partial charge in [-0.05, 0) is 30.2 Å². The quantitative estimate of drug-likeness (QED) is 0.736. The summed E-state index contributed by atoms with van der Waals surface area (Å²) in [5, 5.41) is 0. The van der Waals surface area contributed by atoms with Crippen molar-refractivity contribution in [3.05, 3.63) is 70.1 Å². The number of hydrogen-bond acceptors (Lipinski definition) is 3. The molecule has 0 atom stereocenters. The van der Waals surface area contributed by atoms with Crippen LogP contribution in [-0.4, -0.2) is 22.1 Å². The van der Waals surface area contributed by atoms with Crippen molar-refractivity contribution in [2.45, 2.75) is 19.9 Å². The van der Waals surface area contributed by atoms with E-state index in [0.717, 1.165) is 22.2 Å². The van der Waals surface area contributed by atoms with Gasteiger partial charge in [0.2, 0.25) is 0 Å². The maximum atomic E-state index is 12.1. The summed E-state index contributed by atoms with van der Waals surface area (Å²) >= 11 is 0. The summed E-state index contributed by atoms with van der Waals surface area (Å²) in [6, 6.07) is 15.3. The Kier molecular flexibility index (Phi) is 4.28. The number of benzene rings is 2. The highest BCUT2D eigenvalue weighted by atomic mass is 16.5. The van der Waals surface area contributed by atoms with Gasteiger partial charge in [0.05, 0.1) is 30.6 Å². The van der Waals surface area contributed by atoms with Gasteiger partial charge in [0, 0.05) is 0 Å². The number of ether oxygens (including phenoxy) is 1. The van der Waals surface area contributed by atoms with E-state index in [1.165, 1.54) is 0 Å². The van der Waals surface area contributed by atoms with E-state index in [9.17, 15) is 9.59 Å². The second-order valence-electron chi connectivity index (χ2n) is 5.33. The summed E-state index contributed by atoms with van der Waals surface area (Å²) in [6.07, 6.45) is 0.265. The summed E-state index contributed by atoms with van der Waals surface area (Å²) in [4.78, 5) is 26.4. The molecule has 23 heavy (non-hydrogen) atoms. The lowest BCUT2D eigenvalue weighted by Crippen LogP contribution is -2.17. The number of rotatable bonds is 5. The zero-order valence-electron chi connectivity index (χ0n) is 12.9. The minimum absolute atomic E-state index is 0.123. The molecule has 0 aliphatic carbocycles. The third-order valence-electron chi connectivity index (χ3n) is 3.70. The minimum Gasteiger partial charge on any atom is -0.466 e. The van der Waals surface area contributed by atoms with Crippen LogP contribution in [-0.2, 0) is 22.5 Å². The fourth-order valence-corrected chi connectivity index (χ4v) is 2.59. The van der Waals surface area contributed by atoms with E-state index in [-0.39, 0.29) is 18.1 Å². The van der Waals surface area contributed by atoms with Crippen molar-refractivity contribution in [3.8, 4) is 0 Å². The van der Waals surface area contributed by atoms with Crippen LogP contribution in [0.4, 0.5) is 0 Å². The summed E-state index contributed by atoms with van der Waals surface area (Å²) in [6.45, 7) is 2.67. The van der Waals surface area contributed by atoms with Gasteiger partial charge in [0.15, 0.2) is 0 Å². The van der Waals surface area contributed by atoms with Crippen LogP contribution in [0.3, 0.4) is 0 Å². The highest BCUT2D eigenvalue weighted by molar-refractivity contribution is 5.75. The molecule has 0 saturated heterocycles. The summed E-state index contributed by atoms with van der Waals surface area (Å²) in [7, 11) is 0. The topological polar surface area (TPSA) is 64.1 Å². The van der Waals surface area contributed by atoms with E-state index in [1.807, 2.05) is 48.5 Å². The number of hydrogen-bond donors (Lipinski definition) is 1. The molecule has 0 saturated carbocycles. The maximum Gasteiger partial charge on any atom is 0.326 e. The van der Waals surface area contributed by atoms with E-state index in [0.29, 0.717) is 13.2 Å². The van der Waals surface area contributed by atoms with Gasteiger partial charge in [0.25, 0.3) is 0 Å². The van der Waals surface area contributed by atoms with Crippen molar-refractivity contribution < 1.29 is 9.53 Å². The van der Waals surface area contributed by atoms with Crippen LogP contribution >= 0.6 is 0 Å². The van der Waals surface area contributed by atoms with Crippen LogP contribution in [0.15, 0.2) is 53.3 Å². The first kappa shape index (κ1) is 15.1. The molecule has 118 valence electrons. The first-order valence-electron chi connectivity index (χ1n) is 7.58. The van der Waals surface area contributed by atoms with Gasteiger partial charge in [0.1, 0.15) is 0 Å². The molecular weight excluding hydrogens is 292 g/mol. The molecule has 3 rings (SSSR count). The van der Waals surface area contributed by atoms with Crippen LogP contribution < -0.4 is 5.69 Å². The molecule has 1 heterocycles. The number of carbonyl (C=O) groups excluding carboxylic acids is 1. The van der Waals surface area contributed by atoms with E-state index >= 15 is 0 Å². The molecule has 5 nitrogen and oxygen atoms in total. The number of nitrogens with one attached hydrogen (secondary N) is 1. The monoisotopic (exact) mass is 310 g/mol. The predicted molar refractivity (Wildman–Crippen MR) is 88.4 cm³/mol. The number of fused-ring (bicyclic) bond motifs is 1. The summed E-state index contributed by atoms with van der Waals surface area (Å²) in [5.74, 6) is -0.229. The van der Waals surface area contributed by atoms with Crippen molar-refractivity contribution >= 4 is 17.0 Å². The molecule has 1 N–H and O–H groups in total. The number of H-pyrrole nitrogens is 1. The number of nitrogens with zero attached hydrogens (tertiary/aromatic N) is 1. The molecule has 0 spiro atoms. The third-order valence-corrected chi connectivity index (χ3v) is 3.70. The van der Waals surface area contributed by atoms with Crippen molar-refractivity contribution in [3.63, 3.8) is 0 Å². The lowest BCUT2D eigenvalue weighted by molar-refractivity contribution is -0.142. The third kappa shape index (κ3) is 3.34. The second-order valence-corrected chi connectivity index (χ2v) is 5.33. The molecule has 0 radical (unpaired) electrons. The Balaban J connectivity index is 1.79. The van der Waals surface area contributed by atoms with Gasteiger partial charge in [-0.1, -0.05) is 36.4 Å². The smallest absolute Gasteiger partial charge is 0.326 e. The summed E-state index contributed by atoms with van der Waals surface area (Å²) < 4.78 is 6.64. The van der Waals surface area contributed by atoms with Crippen molar-refractivity contribution in [2.75, 3.05) is 6.61 Å². The fraction of sp³-hybridized carbons (Fsp3) is 0.222. The van der Waals surface area contributed by atoms with Crippen molar-refractivity contribution in [1.82, 2.24) is 9.55 Å².